The molecule has 2 fully saturated rings. The fraction of sp³-hybridized carbons (Fsp3) is 0.917. The average Bonchev–Trinajstić information content (AvgIpc) is 2.07. The minimum absolute atomic E-state index is 0.231. The first kappa shape index (κ1) is 13.6. The Morgan fingerprint density at radius 1 is 1.11 bits per heavy atom. The Kier molecular flexibility index (Phi) is 2.71. The van der Waals surface area contributed by atoms with Crippen molar-refractivity contribution in [2.45, 2.75) is 69.9 Å². The molecule has 104 valence electrons. The Morgan fingerprint density at radius 3 is 2.11 bits per heavy atom. The smallest absolute Gasteiger partial charge is 0.422 e. The molecule has 1 atom stereocenters. The summed E-state index contributed by atoms with van der Waals surface area (Å²) in [5, 5.41) is 14.1. The normalized spacial score (nSPS) is 36.9. The van der Waals surface area contributed by atoms with Gasteiger partial charge in [0.2, 0.25) is 0 Å². The van der Waals surface area contributed by atoms with Crippen LogP contribution in [0.1, 0.15) is 47.5 Å². The summed E-state index contributed by atoms with van der Waals surface area (Å²) in [7, 11) is 0. The molecule has 4 N–H and O–H groups in total. The monoisotopic (exact) mass is 257 g/mol. The van der Waals surface area contributed by atoms with E-state index in [1.54, 1.807) is 6.92 Å². The summed E-state index contributed by atoms with van der Waals surface area (Å²) < 4.78 is 5.50. The van der Waals surface area contributed by atoms with Gasteiger partial charge in [0.05, 0.1) is 0 Å². The van der Waals surface area contributed by atoms with Gasteiger partial charge in [-0.05, 0) is 34.6 Å². The number of amides is 1. The molecule has 0 aromatic heterocycles. The minimum atomic E-state index is -1.31. The Labute approximate surface area is 107 Å². The van der Waals surface area contributed by atoms with E-state index in [-0.39, 0.29) is 11.1 Å². The average molecular weight is 257 g/mol. The van der Waals surface area contributed by atoms with Gasteiger partial charge >= 0.3 is 6.09 Å². The zero-order valence-corrected chi connectivity index (χ0v) is 11.7. The molecule has 0 radical (unpaired) electrons. The van der Waals surface area contributed by atoms with Crippen molar-refractivity contribution in [3.8, 4) is 0 Å². The van der Waals surface area contributed by atoms with Gasteiger partial charge in [-0.1, -0.05) is 0 Å². The number of piperidine rings is 1. The van der Waals surface area contributed by atoms with Gasteiger partial charge in [-0.2, -0.15) is 5.43 Å². The van der Waals surface area contributed by atoms with Gasteiger partial charge in [0.15, 0.2) is 11.3 Å². The van der Waals surface area contributed by atoms with Crippen LogP contribution < -0.4 is 16.2 Å². The van der Waals surface area contributed by atoms with Crippen molar-refractivity contribution in [2.75, 3.05) is 0 Å². The van der Waals surface area contributed by atoms with E-state index >= 15 is 0 Å². The molecule has 0 aromatic carbocycles. The number of hydrogen-bond donors (Lipinski definition) is 4. The predicted octanol–water partition coefficient (Wildman–Crippen LogP) is 0.619. The summed E-state index contributed by atoms with van der Waals surface area (Å²) in [6.07, 6.45) is 0.531. The second-order valence-electron chi connectivity index (χ2n) is 6.95. The van der Waals surface area contributed by atoms with Gasteiger partial charge in [-0.3, -0.25) is 5.43 Å². The molecule has 6 heteroatoms. The van der Waals surface area contributed by atoms with Gasteiger partial charge in [-0.15, -0.1) is 0 Å². The second kappa shape index (κ2) is 3.59. The third-order valence-electron chi connectivity index (χ3n) is 3.71. The first-order valence-corrected chi connectivity index (χ1v) is 6.25. The zero-order valence-electron chi connectivity index (χ0n) is 11.7. The Hall–Kier alpha value is -0.850. The van der Waals surface area contributed by atoms with Gasteiger partial charge in [-0.25, -0.2) is 4.79 Å². The molecule has 0 aliphatic carbocycles. The number of nitrogens with one attached hydrogen (secondary N) is 3. The van der Waals surface area contributed by atoms with Crippen LogP contribution in [0.25, 0.3) is 0 Å². The summed E-state index contributed by atoms with van der Waals surface area (Å²) >= 11 is 0. The SMILES string of the molecule is CC1(C)CC2(CC(C)(C)N1)OC(=O)NN[C@]2(C)O. The first-order valence-electron chi connectivity index (χ1n) is 6.25. The van der Waals surface area contributed by atoms with Crippen molar-refractivity contribution >= 4 is 6.09 Å². The maximum Gasteiger partial charge on any atom is 0.422 e. The molecule has 2 aliphatic heterocycles. The lowest BCUT2D eigenvalue weighted by atomic mass is 9.68. The molecule has 2 saturated heterocycles. The number of aliphatic hydroxyl groups is 1. The van der Waals surface area contributed by atoms with Crippen molar-refractivity contribution < 1.29 is 14.6 Å². The van der Waals surface area contributed by atoms with E-state index in [2.05, 4.69) is 16.2 Å². The van der Waals surface area contributed by atoms with E-state index in [0.29, 0.717) is 12.8 Å². The van der Waals surface area contributed by atoms with Crippen molar-refractivity contribution in [1.29, 1.82) is 0 Å². The maximum absolute atomic E-state index is 11.5. The first-order chi connectivity index (χ1) is 7.97. The molecule has 0 aromatic rings. The van der Waals surface area contributed by atoms with Crippen LogP contribution >= 0.6 is 0 Å². The summed E-state index contributed by atoms with van der Waals surface area (Å²) in [5.74, 6) is 0. The number of ether oxygens (including phenoxy) is 1. The number of hydrazine groups is 1. The lowest BCUT2D eigenvalue weighted by Crippen LogP contribution is -2.78. The van der Waals surface area contributed by atoms with Crippen LogP contribution in [-0.2, 0) is 4.74 Å². The highest BCUT2D eigenvalue weighted by Crippen LogP contribution is 2.44. The van der Waals surface area contributed by atoms with Crippen LogP contribution in [-0.4, -0.2) is 33.6 Å². The fourth-order valence-corrected chi connectivity index (χ4v) is 3.50. The molecule has 2 heterocycles. The molecular weight excluding hydrogens is 234 g/mol. The Bertz CT molecular complexity index is 361. The largest absolute Gasteiger partial charge is 0.437 e. The van der Waals surface area contributed by atoms with E-state index < -0.39 is 17.4 Å². The van der Waals surface area contributed by atoms with Gasteiger partial charge < -0.3 is 15.2 Å². The maximum atomic E-state index is 11.5. The molecule has 0 unspecified atom stereocenters. The van der Waals surface area contributed by atoms with Crippen molar-refractivity contribution in [3.63, 3.8) is 0 Å². The summed E-state index contributed by atoms with van der Waals surface area (Å²) in [6, 6.07) is 0. The molecule has 0 bridgehead atoms. The van der Waals surface area contributed by atoms with Gasteiger partial charge in [0.25, 0.3) is 0 Å². The predicted molar refractivity (Wildman–Crippen MR) is 66.6 cm³/mol. The van der Waals surface area contributed by atoms with E-state index in [1.807, 2.05) is 27.7 Å². The van der Waals surface area contributed by atoms with E-state index in [0.717, 1.165) is 0 Å². The van der Waals surface area contributed by atoms with Crippen molar-refractivity contribution in [3.05, 3.63) is 0 Å². The van der Waals surface area contributed by atoms with E-state index in [1.165, 1.54) is 0 Å². The summed E-state index contributed by atoms with van der Waals surface area (Å²) in [6.45, 7) is 9.80. The van der Waals surface area contributed by atoms with Crippen LogP contribution in [0, 0.1) is 0 Å². The molecule has 2 rings (SSSR count). The van der Waals surface area contributed by atoms with Crippen molar-refractivity contribution in [2.24, 2.45) is 0 Å². The lowest BCUT2D eigenvalue weighted by Gasteiger charge is -2.58. The Morgan fingerprint density at radius 2 is 1.61 bits per heavy atom. The van der Waals surface area contributed by atoms with Gasteiger partial charge in [0, 0.05) is 23.9 Å². The molecule has 6 nitrogen and oxygen atoms in total. The summed E-state index contributed by atoms with van der Waals surface area (Å²) in [4.78, 5) is 11.5. The Balaban J connectivity index is 2.41. The third kappa shape index (κ3) is 2.20. The molecule has 2 aliphatic rings. The second-order valence-corrected chi connectivity index (χ2v) is 6.95. The number of rotatable bonds is 0. The van der Waals surface area contributed by atoms with Crippen molar-refractivity contribution in [1.82, 2.24) is 16.2 Å². The van der Waals surface area contributed by atoms with Crippen LogP contribution in [0.2, 0.25) is 0 Å². The van der Waals surface area contributed by atoms with Crippen LogP contribution in [0.5, 0.6) is 0 Å². The topological polar surface area (TPSA) is 82.6 Å². The highest BCUT2D eigenvalue weighted by molar-refractivity contribution is 5.68. The number of carbonyl (C=O) groups is 1. The number of carbonyl (C=O) groups excluding carboxylic acids is 1. The van der Waals surface area contributed by atoms with E-state index in [4.69, 9.17) is 4.74 Å². The lowest BCUT2D eigenvalue weighted by molar-refractivity contribution is -0.219. The molecule has 18 heavy (non-hydrogen) atoms. The standard InChI is InChI=1S/C12H23N3O3/c1-9(2)6-12(7-10(3,4)14-9)11(5,17)15-13-8(16)18-12/h14-15,17H,6-7H2,1-5H3,(H,13,16)/t11-/m1/s1. The molecule has 1 amide bonds. The molecule has 1 spiro atoms. The molecular formula is C12H23N3O3. The quantitative estimate of drug-likeness (QED) is 0.511. The molecule has 0 saturated carbocycles. The highest BCUT2D eigenvalue weighted by Gasteiger charge is 2.60. The van der Waals surface area contributed by atoms with Crippen LogP contribution in [0.3, 0.4) is 0 Å². The third-order valence-corrected chi connectivity index (χ3v) is 3.71. The van der Waals surface area contributed by atoms with Crippen LogP contribution in [0.15, 0.2) is 0 Å². The van der Waals surface area contributed by atoms with Gasteiger partial charge in [0.1, 0.15) is 0 Å². The number of hydrogen-bond acceptors (Lipinski definition) is 5. The summed E-state index contributed by atoms with van der Waals surface area (Å²) in [5.41, 5.74) is 2.26. The zero-order chi connectivity index (χ0) is 13.8. The van der Waals surface area contributed by atoms with E-state index in [9.17, 15) is 9.90 Å². The highest BCUT2D eigenvalue weighted by atomic mass is 16.6. The fourth-order valence-electron chi connectivity index (χ4n) is 3.50. The van der Waals surface area contributed by atoms with Crippen LogP contribution in [0.4, 0.5) is 4.79 Å². The minimum Gasteiger partial charge on any atom is -0.437 e.